The Balaban J connectivity index is 0.000000500. The summed E-state index contributed by atoms with van der Waals surface area (Å²) >= 11 is 3.70. The summed E-state index contributed by atoms with van der Waals surface area (Å²) in [5.74, 6) is 0. The van der Waals surface area contributed by atoms with Gasteiger partial charge >= 0.3 is 0 Å². The first kappa shape index (κ1) is 12.9. The molecule has 0 saturated heterocycles. The summed E-state index contributed by atoms with van der Waals surface area (Å²) in [4.78, 5) is 0. The Morgan fingerprint density at radius 1 is 1.43 bits per heavy atom. The third-order valence-corrected chi connectivity index (χ3v) is 1.83. The summed E-state index contributed by atoms with van der Waals surface area (Å²) in [5, 5.41) is 8.47. The van der Waals surface area contributed by atoms with Crippen LogP contribution in [-0.4, -0.2) is 0 Å². The lowest BCUT2D eigenvalue weighted by Gasteiger charge is -1.94. The molecule has 1 aromatic rings. The van der Waals surface area contributed by atoms with E-state index in [1.165, 1.54) is 23.8 Å². The third-order valence-electron chi connectivity index (χ3n) is 1.83. The minimum atomic E-state index is 1.15. The Labute approximate surface area is 91.6 Å². The van der Waals surface area contributed by atoms with E-state index in [-0.39, 0.29) is 0 Å². The standard InChI is InChI=1S/C10H16N.CHNS/c1-3-4-7-11-8-5-10(2)6-9-11;2-1-3/h5-6,8-9H,3-4,7H2,1-2H3;3H/q+1;/p-1. The number of nitrogens with zero attached hydrogens (tertiary/aromatic N) is 2. The average Bonchev–Trinajstić information content (AvgIpc) is 2.18. The summed E-state index contributed by atoms with van der Waals surface area (Å²) < 4.78 is 2.23. The van der Waals surface area contributed by atoms with E-state index in [1.807, 2.05) is 0 Å². The van der Waals surface area contributed by atoms with Gasteiger partial charge in [0.1, 0.15) is 6.54 Å². The molecule has 0 aliphatic rings. The molecule has 0 bridgehead atoms. The number of hydrogen-bond acceptors (Lipinski definition) is 2. The molecular weight excluding hydrogens is 192 g/mol. The first-order valence-electron chi connectivity index (χ1n) is 4.71. The Kier molecular flexibility index (Phi) is 7.77. The fourth-order valence-corrected chi connectivity index (χ4v) is 1.02. The van der Waals surface area contributed by atoms with Crippen molar-refractivity contribution in [3.8, 4) is 5.40 Å². The normalized spacial score (nSPS) is 8.36. The maximum atomic E-state index is 7.13. The van der Waals surface area contributed by atoms with Gasteiger partial charge in [0, 0.05) is 18.6 Å². The van der Waals surface area contributed by atoms with Gasteiger partial charge in [0.25, 0.3) is 0 Å². The molecule has 0 saturated carbocycles. The molecule has 2 nitrogen and oxygen atoms in total. The maximum Gasteiger partial charge on any atom is 0.169 e. The van der Waals surface area contributed by atoms with Crippen LogP contribution < -0.4 is 4.57 Å². The quantitative estimate of drug-likeness (QED) is 0.432. The first-order chi connectivity index (χ1) is 6.74. The predicted octanol–water partition coefficient (Wildman–Crippen LogP) is 2.10. The van der Waals surface area contributed by atoms with Gasteiger partial charge < -0.3 is 12.6 Å². The molecular formula is C11H16N2S. The van der Waals surface area contributed by atoms with Crippen molar-refractivity contribution in [1.29, 1.82) is 5.26 Å². The molecule has 0 fully saturated rings. The maximum absolute atomic E-state index is 7.13. The highest BCUT2D eigenvalue weighted by Gasteiger charge is 1.95. The second-order valence-corrected chi connectivity index (χ2v) is 3.24. The molecule has 1 heterocycles. The molecule has 0 spiro atoms. The molecule has 76 valence electrons. The SMILES string of the molecule is CCCC[n+]1ccc(C)cc1.N#C[S-]. The number of unbranched alkanes of at least 4 members (excludes halogenated alkanes) is 1. The van der Waals surface area contributed by atoms with Crippen LogP contribution in [0.25, 0.3) is 0 Å². The third kappa shape index (κ3) is 6.38. The van der Waals surface area contributed by atoms with Crippen LogP contribution >= 0.6 is 0 Å². The summed E-state index contributed by atoms with van der Waals surface area (Å²) in [5.41, 5.74) is 1.33. The Hall–Kier alpha value is -1.14. The van der Waals surface area contributed by atoms with Gasteiger partial charge in [-0.3, -0.25) is 0 Å². The van der Waals surface area contributed by atoms with Gasteiger partial charge in [-0.15, -0.1) is 0 Å². The van der Waals surface area contributed by atoms with E-state index in [0.29, 0.717) is 0 Å². The van der Waals surface area contributed by atoms with Crippen LogP contribution in [0.1, 0.15) is 25.3 Å². The first-order valence-corrected chi connectivity index (χ1v) is 5.12. The predicted molar refractivity (Wildman–Crippen MR) is 59.3 cm³/mol. The highest BCUT2D eigenvalue weighted by Crippen LogP contribution is 1.91. The monoisotopic (exact) mass is 208 g/mol. The van der Waals surface area contributed by atoms with Crippen molar-refractivity contribution < 1.29 is 4.57 Å². The molecule has 0 N–H and O–H groups in total. The fourth-order valence-electron chi connectivity index (χ4n) is 1.02. The highest BCUT2D eigenvalue weighted by atomic mass is 32.1. The van der Waals surface area contributed by atoms with E-state index >= 15 is 0 Å². The topological polar surface area (TPSA) is 27.7 Å². The lowest BCUT2D eigenvalue weighted by molar-refractivity contribution is -0.697. The van der Waals surface area contributed by atoms with Crippen LogP contribution in [0, 0.1) is 17.6 Å². The lowest BCUT2D eigenvalue weighted by atomic mass is 10.3. The van der Waals surface area contributed by atoms with Gasteiger partial charge in [0.05, 0.1) is 0 Å². The lowest BCUT2D eigenvalue weighted by Crippen LogP contribution is -2.32. The Bertz CT molecular complexity index is 274. The van der Waals surface area contributed by atoms with E-state index in [0.717, 1.165) is 6.54 Å². The second-order valence-electron chi connectivity index (χ2n) is 3.06. The van der Waals surface area contributed by atoms with Gasteiger partial charge in [0.15, 0.2) is 12.4 Å². The molecule has 0 unspecified atom stereocenters. The van der Waals surface area contributed by atoms with E-state index in [1.54, 1.807) is 0 Å². The number of nitriles is 1. The van der Waals surface area contributed by atoms with Crippen molar-refractivity contribution in [2.45, 2.75) is 33.2 Å². The van der Waals surface area contributed by atoms with Crippen LogP contribution in [-0.2, 0) is 19.2 Å². The minimum Gasteiger partial charge on any atom is -0.696 e. The van der Waals surface area contributed by atoms with Crippen molar-refractivity contribution in [2.75, 3.05) is 0 Å². The molecule has 0 amide bonds. The zero-order valence-corrected chi connectivity index (χ0v) is 9.55. The van der Waals surface area contributed by atoms with Crippen molar-refractivity contribution in [2.24, 2.45) is 0 Å². The van der Waals surface area contributed by atoms with E-state index in [2.05, 4.69) is 55.6 Å². The number of aromatic nitrogens is 1. The molecule has 14 heavy (non-hydrogen) atoms. The Morgan fingerprint density at radius 3 is 2.36 bits per heavy atom. The van der Waals surface area contributed by atoms with Crippen LogP contribution in [0.5, 0.6) is 0 Å². The minimum absolute atomic E-state index is 1.15. The fraction of sp³-hybridized carbons (Fsp3) is 0.455. The van der Waals surface area contributed by atoms with Gasteiger partial charge in [-0.25, -0.2) is 9.83 Å². The summed E-state index contributed by atoms with van der Waals surface area (Å²) in [6.07, 6.45) is 6.82. The Morgan fingerprint density at radius 2 is 1.93 bits per heavy atom. The molecule has 0 aliphatic heterocycles. The molecule has 3 heteroatoms. The largest absolute Gasteiger partial charge is 0.696 e. The zero-order chi connectivity index (χ0) is 10.8. The van der Waals surface area contributed by atoms with Gasteiger partial charge in [0.2, 0.25) is 0 Å². The number of pyridine rings is 1. The van der Waals surface area contributed by atoms with Gasteiger partial charge in [-0.2, -0.15) is 0 Å². The van der Waals surface area contributed by atoms with Crippen molar-refractivity contribution in [3.05, 3.63) is 30.1 Å². The molecule has 0 aliphatic carbocycles. The van der Waals surface area contributed by atoms with Crippen LogP contribution in [0.15, 0.2) is 24.5 Å². The molecule has 0 radical (unpaired) electrons. The zero-order valence-electron chi connectivity index (χ0n) is 8.73. The molecule has 0 aromatic carbocycles. The average molecular weight is 208 g/mol. The van der Waals surface area contributed by atoms with Crippen molar-refractivity contribution >= 4 is 12.6 Å². The van der Waals surface area contributed by atoms with Crippen LogP contribution in [0.2, 0.25) is 0 Å². The number of rotatable bonds is 3. The van der Waals surface area contributed by atoms with Crippen LogP contribution in [0.3, 0.4) is 0 Å². The number of thiocyanates is 1. The van der Waals surface area contributed by atoms with Crippen LogP contribution in [0.4, 0.5) is 0 Å². The highest BCUT2D eigenvalue weighted by molar-refractivity contribution is 7.64. The summed E-state index contributed by atoms with van der Waals surface area (Å²) in [6, 6.07) is 4.30. The van der Waals surface area contributed by atoms with E-state index in [9.17, 15) is 0 Å². The molecule has 1 rings (SSSR count). The second kappa shape index (κ2) is 8.46. The summed E-state index contributed by atoms with van der Waals surface area (Å²) in [6.45, 7) is 5.48. The van der Waals surface area contributed by atoms with E-state index in [4.69, 9.17) is 5.26 Å². The number of aryl methyl sites for hydroxylation is 2. The number of hydrogen-bond donors (Lipinski definition) is 0. The summed E-state index contributed by atoms with van der Waals surface area (Å²) in [7, 11) is 0. The van der Waals surface area contributed by atoms with Gasteiger partial charge in [-0.1, -0.05) is 18.7 Å². The molecule has 1 aromatic heterocycles. The van der Waals surface area contributed by atoms with Crippen molar-refractivity contribution in [3.63, 3.8) is 0 Å². The van der Waals surface area contributed by atoms with Gasteiger partial charge in [-0.05, 0) is 12.5 Å². The molecule has 0 atom stereocenters. The van der Waals surface area contributed by atoms with E-state index < -0.39 is 0 Å². The van der Waals surface area contributed by atoms with Crippen molar-refractivity contribution in [1.82, 2.24) is 0 Å². The smallest absolute Gasteiger partial charge is 0.169 e.